The van der Waals surface area contributed by atoms with Gasteiger partial charge in [0, 0.05) is 28.6 Å². The maximum atomic E-state index is 13.5. The molecule has 0 aliphatic heterocycles. The van der Waals surface area contributed by atoms with E-state index in [1.807, 2.05) is 6.92 Å². The minimum Gasteiger partial charge on any atom is -0.488 e. The lowest BCUT2D eigenvalue weighted by Gasteiger charge is -2.10. The van der Waals surface area contributed by atoms with Gasteiger partial charge in [-0.05, 0) is 42.0 Å². The van der Waals surface area contributed by atoms with E-state index in [1.165, 1.54) is 41.2 Å². The van der Waals surface area contributed by atoms with E-state index in [1.54, 1.807) is 30.3 Å². The first-order chi connectivity index (χ1) is 16.4. The molecule has 34 heavy (non-hydrogen) atoms. The lowest BCUT2D eigenvalue weighted by atomic mass is 10.2. The minimum atomic E-state index is -0.535. The van der Waals surface area contributed by atoms with Crippen LogP contribution in [-0.4, -0.2) is 20.8 Å². The Balaban J connectivity index is 1.75. The van der Waals surface area contributed by atoms with Gasteiger partial charge in [0.25, 0.3) is 11.2 Å². The Morgan fingerprint density at radius 2 is 2.03 bits per heavy atom. The molecule has 0 bridgehead atoms. The van der Waals surface area contributed by atoms with E-state index >= 15 is 0 Å². The number of nitro groups is 1. The number of non-ortho nitro benzene ring substituents is 1. The van der Waals surface area contributed by atoms with E-state index < -0.39 is 10.7 Å². The number of ether oxygens (including phenoxy) is 1. The predicted molar refractivity (Wildman–Crippen MR) is 130 cm³/mol. The molecule has 1 heterocycles. The van der Waals surface area contributed by atoms with Gasteiger partial charge in [-0.3, -0.25) is 14.9 Å². The van der Waals surface area contributed by atoms with Crippen LogP contribution < -0.4 is 10.3 Å². The Morgan fingerprint density at radius 3 is 2.76 bits per heavy atom. The van der Waals surface area contributed by atoms with E-state index in [2.05, 4.69) is 26.0 Å². The van der Waals surface area contributed by atoms with E-state index in [0.717, 1.165) is 4.47 Å². The summed E-state index contributed by atoms with van der Waals surface area (Å²) in [6.07, 6.45) is 1.76. The van der Waals surface area contributed by atoms with Crippen LogP contribution in [0.15, 0.2) is 75.0 Å². The zero-order valence-electron chi connectivity index (χ0n) is 17.9. The number of benzene rings is 3. The molecule has 1 aromatic heterocycles. The summed E-state index contributed by atoms with van der Waals surface area (Å²) in [5.74, 6) is 0.332. The van der Waals surface area contributed by atoms with E-state index in [9.17, 15) is 19.3 Å². The summed E-state index contributed by atoms with van der Waals surface area (Å²) in [5.41, 5.74) is 0.894. The average molecular weight is 525 g/mol. The second-order valence-corrected chi connectivity index (χ2v) is 8.22. The van der Waals surface area contributed by atoms with Crippen LogP contribution in [0.3, 0.4) is 0 Å². The molecule has 0 spiro atoms. The number of rotatable bonds is 7. The molecule has 0 unspecified atom stereocenters. The Kier molecular flexibility index (Phi) is 6.78. The highest BCUT2D eigenvalue weighted by Gasteiger charge is 2.13. The number of aromatic nitrogens is 2. The number of hydrogen-bond acceptors (Lipinski definition) is 6. The Morgan fingerprint density at radius 1 is 1.21 bits per heavy atom. The summed E-state index contributed by atoms with van der Waals surface area (Å²) in [6.45, 7) is 1.89. The molecule has 0 radical (unpaired) electrons. The summed E-state index contributed by atoms with van der Waals surface area (Å²) >= 11 is 3.36. The lowest BCUT2D eigenvalue weighted by molar-refractivity contribution is -0.384. The van der Waals surface area contributed by atoms with Crippen molar-refractivity contribution < 1.29 is 14.1 Å². The second kappa shape index (κ2) is 9.92. The highest BCUT2D eigenvalue weighted by atomic mass is 79.9. The molecule has 0 saturated carbocycles. The Hall–Kier alpha value is -3.92. The third-order valence-electron chi connectivity index (χ3n) is 4.99. The van der Waals surface area contributed by atoms with Gasteiger partial charge >= 0.3 is 0 Å². The van der Waals surface area contributed by atoms with Gasteiger partial charge in [-0.2, -0.15) is 9.78 Å². The van der Waals surface area contributed by atoms with Crippen molar-refractivity contribution in [3.05, 3.63) is 108 Å². The van der Waals surface area contributed by atoms with Crippen LogP contribution in [0.5, 0.6) is 5.75 Å². The van der Waals surface area contributed by atoms with Gasteiger partial charge < -0.3 is 4.74 Å². The molecule has 0 atom stereocenters. The van der Waals surface area contributed by atoms with Crippen LogP contribution in [0.1, 0.15) is 23.9 Å². The molecular weight excluding hydrogens is 507 g/mol. The van der Waals surface area contributed by atoms with Crippen molar-refractivity contribution in [1.82, 2.24) is 9.66 Å². The first-order valence-electron chi connectivity index (χ1n) is 10.3. The fraction of sp³-hybridized carbons (Fsp3) is 0.125. The quantitative estimate of drug-likeness (QED) is 0.187. The van der Waals surface area contributed by atoms with Crippen molar-refractivity contribution in [3.63, 3.8) is 0 Å². The smallest absolute Gasteiger partial charge is 0.282 e. The summed E-state index contributed by atoms with van der Waals surface area (Å²) in [4.78, 5) is 28.4. The third-order valence-corrected chi connectivity index (χ3v) is 5.48. The van der Waals surface area contributed by atoms with Crippen molar-refractivity contribution in [1.29, 1.82) is 0 Å². The van der Waals surface area contributed by atoms with E-state index in [0.29, 0.717) is 34.5 Å². The molecule has 0 aliphatic carbocycles. The minimum absolute atomic E-state index is 0.0438. The van der Waals surface area contributed by atoms with Crippen molar-refractivity contribution in [2.24, 2.45) is 5.10 Å². The molecule has 0 amide bonds. The SMILES string of the molecule is CCc1nc2ccc(Br)cc2c(=O)n1N=Cc1cc([N+](=O)[O-])ccc1OCc1cccc(F)c1. The van der Waals surface area contributed by atoms with Crippen molar-refractivity contribution in [2.45, 2.75) is 20.0 Å². The first-order valence-corrected chi connectivity index (χ1v) is 11.1. The lowest BCUT2D eigenvalue weighted by Crippen LogP contribution is -2.22. The average Bonchev–Trinajstić information content (AvgIpc) is 2.82. The van der Waals surface area contributed by atoms with Crippen LogP contribution in [-0.2, 0) is 13.0 Å². The van der Waals surface area contributed by atoms with Crippen LogP contribution in [0.4, 0.5) is 10.1 Å². The fourth-order valence-corrected chi connectivity index (χ4v) is 3.69. The summed E-state index contributed by atoms with van der Waals surface area (Å²) in [5, 5.41) is 16.0. The molecule has 0 N–H and O–H groups in total. The number of nitrogens with zero attached hydrogens (tertiary/aromatic N) is 4. The van der Waals surface area contributed by atoms with Crippen LogP contribution >= 0.6 is 15.9 Å². The monoisotopic (exact) mass is 524 g/mol. The van der Waals surface area contributed by atoms with Crippen LogP contribution in [0.25, 0.3) is 10.9 Å². The van der Waals surface area contributed by atoms with Gasteiger partial charge in [0.2, 0.25) is 0 Å². The van der Waals surface area contributed by atoms with E-state index in [-0.39, 0.29) is 23.4 Å². The maximum absolute atomic E-state index is 13.5. The van der Waals surface area contributed by atoms with Crippen molar-refractivity contribution >= 4 is 38.7 Å². The molecule has 0 aliphatic rings. The normalized spacial score (nSPS) is 11.3. The summed E-state index contributed by atoms with van der Waals surface area (Å²) < 4.78 is 21.2. The molecule has 10 heteroatoms. The van der Waals surface area contributed by atoms with Gasteiger partial charge in [-0.25, -0.2) is 9.37 Å². The zero-order chi connectivity index (χ0) is 24.2. The largest absolute Gasteiger partial charge is 0.488 e. The van der Waals surface area contributed by atoms with Crippen LogP contribution in [0.2, 0.25) is 0 Å². The fourth-order valence-electron chi connectivity index (χ4n) is 3.33. The molecule has 4 rings (SSSR count). The molecule has 3 aromatic carbocycles. The zero-order valence-corrected chi connectivity index (χ0v) is 19.5. The number of hydrogen-bond donors (Lipinski definition) is 0. The number of halogens is 2. The number of nitro benzene ring substituents is 1. The molecular formula is C24H18BrFN4O4. The Labute approximate surface area is 201 Å². The molecule has 172 valence electrons. The number of fused-ring (bicyclic) bond motifs is 1. The van der Waals surface area contributed by atoms with E-state index in [4.69, 9.17) is 4.74 Å². The van der Waals surface area contributed by atoms with Crippen molar-refractivity contribution in [3.8, 4) is 5.75 Å². The van der Waals surface area contributed by atoms with Gasteiger partial charge in [0.05, 0.1) is 22.0 Å². The van der Waals surface area contributed by atoms with Crippen LogP contribution in [0, 0.1) is 15.9 Å². The summed E-state index contributed by atoms with van der Waals surface area (Å²) in [7, 11) is 0. The summed E-state index contributed by atoms with van der Waals surface area (Å²) in [6, 6.07) is 15.2. The van der Waals surface area contributed by atoms with Crippen molar-refractivity contribution in [2.75, 3.05) is 0 Å². The Bertz CT molecular complexity index is 1490. The molecule has 0 saturated heterocycles. The number of aryl methyl sites for hydroxylation is 1. The highest BCUT2D eigenvalue weighted by Crippen LogP contribution is 2.24. The first kappa shape index (κ1) is 23.2. The van der Waals surface area contributed by atoms with Gasteiger partial charge in [0.15, 0.2) is 0 Å². The predicted octanol–water partition coefficient (Wildman–Crippen LogP) is 5.23. The molecule has 0 fully saturated rings. The van der Waals surface area contributed by atoms with Gasteiger partial charge in [-0.15, -0.1) is 0 Å². The second-order valence-electron chi connectivity index (χ2n) is 7.30. The standard InChI is InChI=1S/C24H18BrFN4O4/c1-2-23-28-21-8-6-17(25)12-20(21)24(31)29(23)27-13-16-11-19(30(32)33)7-9-22(16)34-14-15-4-3-5-18(26)10-15/h3-13H,2,14H2,1H3. The third kappa shape index (κ3) is 5.01. The maximum Gasteiger partial charge on any atom is 0.282 e. The highest BCUT2D eigenvalue weighted by molar-refractivity contribution is 9.10. The van der Waals surface area contributed by atoms with Gasteiger partial charge in [-0.1, -0.05) is 35.0 Å². The molecule has 8 nitrogen and oxygen atoms in total. The topological polar surface area (TPSA) is 99.6 Å². The van der Waals surface area contributed by atoms with Gasteiger partial charge in [0.1, 0.15) is 24.0 Å². The molecule has 4 aromatic rings.